The molecule has 3 aromatic carbocycles. The molecule has 0 aromatic heterocycles. The second-order valence-corrected chi connectivity index (χ2v) is 8.20. The molecule has 1 N–H and O–H groups in total. The molecule has 6 heteroatoms. The average Bonchev–Trinajstić information content (AvgIpc) is 2.76. The van der Waals surface area contributed by atoms with E-state index in [1.807, 2.05) is 84.6 Å². The Labute approximate surface area is 191 Å². The Hall–Kier alpha value is -2.96. The van der Waals surface area contributed by atoms with Crippen molar-refractivity contribution < 1.29 is 14.3 Å². The van der Waals surface area contributed by atoms with Crippen LogP contribution in [0, 0.1) is 6.92 Å². The third-order valence-corrected chi connectivity index (χ3v) is 5.17. The molecule has 3 aromatic rings. The van der Waals surface area contributed by atoms with E-state index >= 15 is 0 Å². The van der Waals surface area contributed by atoms with Crippen LogP contribution in [0.3, 0.4) is 0 Å². The van der Waals surface area contributed by atoms with E-state index in [9.17, 15) is 9.59 Å². The number of carbonyl (C=O) groups is 2. The summed E-state index contributed by atoms with van der Waals surface area (Å²) >= 11 is 3.40. The molecule has 0 saturated carbocycles. The molecule has 0 bridgehead atoms. The van der Waals surface area contributed by atoms with E-state index in [-0.39, 0.29) is 19.1 Å². The van der Waals surface area contributed by atoms with Gasteiger partial charge < -0.3 is 10.1 Å². The lowest BCUT2D eigenvalue weighted by molar-refractivity contribution is -0.148. The largest absolute Gasteiger partial charge is 0.455 e. The van der Waals surface area contributed by atoms with E-state index in [0.717, 1.165) is 21.2 Å². The summed E-state index contributed by atoms with van der Waals surface area (Å²) in [5.74, 6) is -0.800. The molecule has 160 valence electrons. The first-order valence-corrected chi connectivity index (χ1v) is 10.8. The van der Waals surface area contributed by atoms with Crippen molar-refractivity contribution in [1.82, 2.24) is 4.90 Å². The van der Waals surface area contributed by atoms with Crippen LogP contribution >= 0.6 is 15.9 Å². The number of carbonyl (C=O) groups excluding carboxylic acids is 2. The van der Waals surface area contributed by atoms with Crippen molar-refractivity contribution in [3.05, 3.63) is 100 Å². The third kappa shape index (κ3) is 7.66. The smallest absolute Gasteiger partial charge is 0.320 e. The highest BCUT2D eigenvalue weighted by Gasteiger charge is 2.15. The lowest BCUT2D eigenvalue weighted by Crippen LogP contribution is -2.32. The number of halogens is 1. The summed E-state index contributed by atoms with van der Waals surface area (Å²) in [5.41, 5.74) is 3.83. The minimum atomic E-state index is -0.436. The molecule has 0 aliphatic rings. The van der Waals surface area contributed by atoms with Crippen LogP contribution in [-0.4, -0.2) is 29.9 Å². The summed E-state index contributed by atoms with van der Waals surface area (Å²) in [7, 11) is 0. The molecule has 1 amide bonds. The Balaban J connectivity index is 1.55. The molecule has 0 unspecified atom stereocenters. The number of ether oxygens (including phenoxy) is 1. The molecule has 0 aliphatic heterocycles. The van der Waals surface area contributed by atoms with E-state index < -0.39 is 5.97 Å². The maximum absolute atomic E-state index is 12.5. The van der Waals surface area contributed by atoms with Crippen molar-refractivity contribution in [2.45, 2.75) is 20.0 Å². The Bertz CT molecular complexity index is 968. The van der Waals surface area contributed by atoms with Crippen LogP contribution in [-0.2, 0) is 27.4 Å². The second kappa shape index (κ2) is 11.4. The minimum Gasteiger partial charge on any atom is -0.455 e. The molecule has 0 radical (unpaired) electrons. The summed E-state index contributed by atoms with van der Waals surface area (Å²) in [6.45, 7) is 2.88. The maximum Gasteiger partial charge on any atom is 0.320 e. The zero-order chi connectivity index (χ0) is 22.1. The molecule has 31 heavy (non-hydrogen) atoms. The van der Waals surface area contributed by atoms with Crippen molar-refractivity contribution in [2.75, 3.05) is 18.5 Å². The molecule has 0 saturated heterocycles. The molecule has 0 heterocycles. The van der Waals surface area contributed by atoms with Gasteiger partial charge in [-0.15, -0.1) is 0 Å². The number of nitrogens with zero attached hydrogens (tertiary/aromatic N) is 1. The summed E-state index contributed by atoms with van der Waals surface area (Å²) in [6.07, 6.45) is 0. The predicted octanol–water partition coefficient (Wildman–Crippen LogP) is 4.94. The monoisotopic (exact) mass is 480 g/mol. The first kappa shape index (κ1) is 22.7. The van der Waals surface area contributed by atoms with Gasteiger partial charge >= 0.3 is 5.97 Å². The zero-order valence-corrected chi connectivity index (χ0v) is 19.0. The van der Waals surface area contributed by atoms with Gasteiger partial charge in [-0.2, -0.15) is 0 Å². The molecule has 0 spiro atoms. The van der Waals surface area contributed by atoms with Gasteiger partial charge in [0.15, 0.2) is 6.61 Å². The van der Waals surface area contributed by atoms with Crippen molar-refractivity contribution in [1.29, 1.82) is 0 Å². The Kier molecular flexibility index (Phi) is 8.38. The summed E-state index contributed by atoms with van der Waals surface area (Å²) in [6, 6.07) is 25.5. The van der Waals surface area contributed by atoms with Gasteiger partial charge in [0.25, 0.3) is 5.91 Å². The Morgan fingerprint density at radius 2 is 1.48 bits per heavy atom. The maximum atomic E-state index is 12.5. The van der Waals surface area contributed by atoms with Crippen LogP contribution < -0.4 is 5.32 Å². The summed E-state index contributed by atoms with van der Waals surface area (Å²) in [5, 5.41) is 2.78. The number of aryl methyl sites for hydroxylation is 1. The van der Waals surface area contributed by atoms with Crippen LogP contribution in [0.1, 0.15) is 16.7 Å². The van der Waals surface area contributed by atoms with Crippen LogP contribution in [0.15, 0.2) is 83.3 Å². The average molecular weight is 481 g/mol. The van der Waals surface area contributed by atoms with Gasteiger partial charge in [0.1, 0.15) is 0 Å². The van der Waals surface area contributed by atoms with Crippen LogP contribution in [0.2, 0.25) is 0 Å². The zero-order valence-electron chi connectivity index (χ0n) is 17.4. The van der Waals surface area contributed by atoms with E-state index in [1.165, 1.54) is 0 Å². The van der Waals surface area contributed by atoms with Crippen LogP contribution in [0.5, 0.6) is 0 Å². The fourth-order valence-corrected chi connectivity index (χ4v) is 3.65. The number of amides is 1. The number of anilines is 1. The molecule has 0 aliphatic carbocycles. The quantitative estimate of drug-likeness (QED) is 0.440. The summed E-state index contributed by atoms with van der Waals surface area (Å²) in [4.78, 5) is 26.7. The van der Waals surface area contributed by atoms with Crippen molar-refractivity contribution >= 4 is 33.5 Å². The number of hydrogen-bond acceptors (Lipinski definition) is 4. The highest BCUT2D eigenvalue weighted by Crippen LogP contribution is 2.20. The van der Waals surface area contributed by atoms with Crippen LogP contribution in [0.4, 0.5) is 5.69 Å². The van der Waals surface area contributed by atoms with Crippen molar-refractivity contribution in [2.24, 2.45) is 0 Å². The van der Waals surface area contributed by atoms with E-state index in [1.54, 1.807) is 6.07 Å². The molecule has 3 rings (SSSR count). The minimum absolute atomic E-state index is 0.0916. The number of nitrogens with one attached hydrogen (secondary N) is 1. The highest BCUT2D eigenvalue weighted by atomic mass is 79.9. The SMILES string of the molecule is Cc1cc(Br)ccc1NC(=O)COC(=O)CN(Cc1ccccc1)Cc1ccccc1. The molecular formula is C25H25BrN2O3. The van der Waals surface area contributed by atoms with Gasteiger partial charge in [-0.25, -0.2) is 0 Å². The normalized spacial score (nSPS) is 10.7. The summed E-state index contributed by atoms with van der Waals surface area (Å²) < 4.78 is 6.18. The van der Waals surface area contributed by atoms with E-state index in [4.69, 9.17) is 4.74 Å². The Morgan fingerprint density at radius 1 is 0.903 bits per heavy atom. The van der Waals surface area contributed by atoms with Crippen molar-refractivity contribution in [3.8, 4) is 0 Å². The topological polar surface area (TPSA) is 58.6 Å². The lowest BCUT2D eigenvalue weighted by atomic mass is 10.1. The van der Waals surface area contributed by atoms with Crippen molar-refractivity contribution in [3.63, 3.8) is 0 Å². The first-order chi connectivity index (χ1) is 15.0. The molecular weight excluding hydrogens is 456 g/mol. The fraction of sp³-hybridized carbons (Fsp3) is 0.200. The van der Waals surface area contributed by atoms with Gasteiger partial charge in [-0.1, -0.05) is 76.6 Å². The number of benzene rings is 3. The molecule has 0 fully saturated rings. The molecule has 5 nitrogen and oxygen atoms in total. The van der Waals surface area contributed by atoms with Gasteiger partial charge in [-0.3, -0.25) is 14.5 Å². The van der Waals surface area contributed by atoms with Gasteiger partial charge in [0.05, 0.1) is 6.54 Å². The first-order valence-electron chi connectivity index (χ1n) is 10.0. The standard InChI is InChI=1S/C25H25BrN2O3/c1-19-14-22(26)12-13-23(19)27-24(29)18-31-25(30)17-28(15-20-8-4-2-5-9-20)16-21-10-6-3-7-11-21/h2-14H,15-18H2,1H3,(H,27,29). The number of esters is 1. The van der Waals surface area contributed by atoms with Gasteiger partial charge in [-0.05, 0) is 41.8 Å². The number of hydrogen-bond donors (Lipinski definition) is 1. The number of rotatable bonds is 9. The molecule has 0 atom stereocenters. The second-order valence-electron chi connectivity index (χ2n) is 7.28. The third-order valence-electron chi connectivity index (χ3n) is 4.68. The predicted molar refractivity (Wildman–Crippen MR) is 125 cm³/mol. The van der Waals surface area contributed by atoms with Crippen LogP contribution in [0.25, 0.3) is 0 Å². The van der Waals surface area contributed by atoms with E-state index in [2.05, 4.69) is 21.2 Å². The Morgan fingerprint density at radius 3 is 2.03 bits per heavy atom. The fourth-order valence-electron chi connectivity index (χ4n) is 3.18. The van der Waals surface area contributed by atoms with Gasteiger partial charge in [0, 0.05) is 23.2 Å². The highest BCUT2D eigenvalue weighted by molar-refractivity contribution is 9.10. The van der Waals surface area contributed by atoms with Gasteiger partial charge in [0.2, 0.25) is 0 Å². The van der Waals surface area contributed by atoms with E-state index in [0.29, 0.717) is 18.8 Å². The lowest BCUT2D eigenvalue weighted by Gasteiger charge is -2.21.